The van der Waals surface area contributed by atoms with E-state index in [0.29, 0.717) is 12.1 Å². The van der Waals surface area contributed by atoms with Gasteiger partial charge in [-0.05, 0) is 36.8 Å². The van der Waals surface area contributed by atoms with Crippen molar-refractivity contribution in [2.75, 3.05) is 0 Å². The van der Waals surface area contributed by atoms with Gasteiger partial charge in [-0.2, -0.15) is 13.2 Å². The van der Waals surface area contributed by atoms with Crippen LogP contribution in [0, 0.1) is 0 Å². The fraction of sp³-hybridized carbons (Fsp3) is 0.286. The van der Waals surface area contributed by atoms with Crippen LogP contribution in [0.3, 0.4) is 0 Å². The number of alkyl halides is 5. The van der Waals surface area contributed by atoms with Crippen molar-refractivity contribution in [1.82, 2.24) is 0 Å². The summed E-state index contributed by atoms with van der Waals surface area (Å²) < 4.78 is 84.0. The number of hydrogen-bond acceptors (Lipinski definition) is 1. The molecule has 1 nitrogen and oxygen atoms in total. The molecule has 0 aromatic heterocycles. The van der Waals surface area contributed by atoms with Crippen LogP contribution in [0.5, 0.6) is 0 Å². The van der Waals surface area contributed by atoms with Gasteiger partial charge in [0.25, 0.3) is 5.92 Å². The molecule has 0 N–H and O–H groups in total. The quantitative estimate of drug-likeness (QED) is 0.218. The molecule has 0 amide bonds. The molecule has 0 heterocycles. The molecule has 31 heavy (non-hydrogen) atoms. The lowest BCUT2D eigenvalue weighted by Gasteiger charge is -2.24. The van der Waals surface area contributed by atoms with Crippen molar-refractivity contribution in [2.45, 2.75) is 38.3 Å². The van der Waals surface area contributed by atoms with E-state index >= 15 is 0 Å². The van der Waals surface area contributed by atoms with Gasteiger partial charge in [-0.25, -0.2) is 13.2 Å². The Bertz CT molecular complexity index is 1010. The first-order valence-corrected chi connectivity index (χ1v) is 9.94. The molecule has 0 spiro atoms. The minimum Gasteiger partial charge on any atom is -0.294 e. The van der Waals surface area contributed by atoms with E-state index in [4.69, 9.17) is 34.8 Å². The van der Waals surface area contributed by atoms with E-state index in [1.807, 2.05) is 0 Å². The summed E-state index contributed by atoms with van der Waals surface area (Å²) in [6, 6.07) is 4.31. The Morgan fingerprint density at radius 1 is 1.03 bits per heavy atom. The van der Waals surface area contributed by atoms with E-state index in [-0.39, 0.29) is 20.6 Å². The van der Waals surface area contributed by atoms with Crippen molar-refractivity contribution in [2.24, 2.45) is 0 Å². The molecular weight excluding hydrogens is 489 g/mol. The number of halogens is 9. The van der Waals surface area contributed by atoms with Crippen LogP contribution in [-0.2, 0) is 6.18 Å². The highest BCUT2D eigenvalue weighted by Crippen LogP contribution is 2.43. The summed E-state index contributed by atoms with van der Waals surface area (Å²) in [7, 11) is 0. The molecule has 0 saturated carbocycles. The van der Waals surface area contributed by atoms with Gasteiger partial charge in [-0.15, -0.1) is 0 Å². The molecule has 10 heteroatoms. The molecule has 2 aromatic carbocycles. The van der Waals surface area contributed by atoms with Gasteiger partial charge in [-0.3, -0.25) is 4.79 Å². The fourth-order valence-electron chi connectivity index (χ4n) is 2.91. The van der Waals surface area contributed by atoms with Gasteiger partial charge in [0.05, 0.1) is 26.5 Å². The summed E-state index contributed by atoms with van der Waals surface area (Å²) >= 11 is 17.6. The lowest BCUT2D eigenvalue weighted by Crippen LogP contribution is -2.24. The van der Waals surface area contributed by atoms with E-state index < -0.39 is 52.7 Å². The largest absolute Gasteiger partial charge is 0.417 e. The van der Waals surface area contributed by atoms with Crippen LogP contribution in [0.1, 0.15) is 53.2 Å². The van der Waals surface area contributed by atoms with Gasteiger partial charge >= 0.3 is 6.18 Å². The van der Waals surface area contributed by atoms with E-state index in [1.54, 1.807) is 0 Å². The van der Waals surface area contributed by atoms with Crippen molar-refractivity contribution in [3.05, 3.63) is 73.7 Å². The fourth-order valence-corrected chi connectivity index (χ4v) is 3.53. The van der Waals surface area contributed by atoms with Gasteiger partial charge in [0, 0.05) is 17.5 Å². The minimum absolute atomic E-state index is 0.0789. The molecule has 0 bridgehead atoms. The molecule has 168 valence electrons. The summed E-state index contributed by atoms with van der Waals surface area (Å²) in [5, 5.41) is -0.357. The van der Waals surface area contributed by atoms with Crippen LogP contribution in [0.2, 0.25) is 15.1 Å². The Hall–Kier alpha value is -1.70. The summed E-state index contributed by atoms with van der Waals surface area (Å²) in [6.07, 6.45) is -5.14. The second-order valence-electron chi connectivity index (χ2n) is 6.72. The van der Waals surface area contributed by atoms with Gasteiger partial charge in [0.15, 0.2) is 5.78 Å². The Labute approximate surface area is 189 Å². The van der Waals surface area contributed by atoms with Gasteiger partial charge < -0.3 is 0 Å². The average Bonchev–Trinajstić information content (AvgIpc) is 2.68. The third-order valence-corrected chi connectivity index (χ3v) is 5.78. The van der Waals surface area contributed by atoms with Crippen molar-refractivity contribution in [3.8, 4) is 0 Å². The number of carbonyl (C=O) groups excluding carboxylic acids is 1. The Balaban J connectivity index is 2.66. The van der Waals surface area contributed by atoms with Crippen molar-refractivity contribution < 1.29 is 31.1 Å². The van der Waals surface area contributed by atoms with E-state index in [9.17, 15) is 31.1 Å². The van der Waals surface area contributed by atoms with Gasteiger partial charge in [0.1, 0.15) is 5.83 Å². The van der Waals surface area contributed by atoms with Crippen LogP contribution < -0.4 is 0 Å². The second kappa shape index (κ2) is 9.43. The maximum absolute atomic E-state index is 14.9. The molecule has 2 aromatic rings. The van der Waals surface area contributed by atoms with Crippen LogP contribution in [-0.4, -0.2) is 11.7 Å². The molecule has 0 saturated heterocycles. The van der Waals surface area contributed by atoms with Gasteiger partial charge in [-0.1, -0.05) is 53.9 Å². The Kier molecular flexibility index (Phi) is 7.77. The summed E-state index contributed by atoms with van der Waals surface area (Å²) in [6.45, 7) is 2.10. The molecule has 2 rings (SSSR count). The number of ketones is 1. The maximum atomic E-state index is 14.9. The van der Waals surface area contributed by atoms with Crippen LogP contribution >= 0.6 is 34.8 Å². The summed E-state index contributed by atoms with van der Waals surface area (Å²) in [5.41, 5.74) is -2.80. The molecule has 0 aliphatic heterocycles. The summed E-state index contributed by atoms with van der Waals surface area (Å²) in [4.78, 5) is 11.5. The lowest BCUT2D eigenvalue weighted by atomic mass is 9.89. The minimum atomic E-state index is -4.94. The lowest BCUT2D eigenvalue weighted by molar-refractivity contribution is -0.137. The predicted molar refractivity (Wildman–Crippen MR) is 110 cm³/mol. The number of hydrogen-bond donors (Lipinski definition) is 0. The molecule has 1 unspecified atom stereocenters. The topological polar surface area (TPSA) is 17.1 Å². The van der Waals surface area contributed by atoms with E-state index in [1.165, 1.54) is 6.92 Å². The first kappa shape index (κ1) is 25.6. The second-order valence-corrected chi connectivity index (χ2v) is 7.91. The van der Waals surface area contributed by atoms with E-state index in [0.717, 1.165) is 31.2 Å². The highest BCUT2D eigenvalue weighted by Gasteiger charge is 2.39. The smallest absolute Gasteiger partial charge is 0.294 e. The zero-order valence-corrected chi connectivity index (χ0v) is 18.3. The molecule has 0 aliphatic rings. The van der Waals surface area contributed by atoms with Crippen LogP contribution in [0.15, 0.2) is 36.4 Å². The molecule has 0 fully saturated rings. The maximum Gasteiger partial charge on any atom is 0.417 e. The molecule has 0 radical (unpaired) electrons. The number of benzene rings is 2. The Morgan fingerprint density at radius 3 is 2.03 bits per heavy atom. The van der Waals surface area contributed by atoms with E-state index in [2.05, 4.69) is 0 Å². The normalized spacial score (nSPS) is 14.0. The first-order chi connectivity index (χ1) is 14.2. The van der Waals surface area contributed by atoms with Crippen molar-refractivity contribution in [3.63, 3.8) is 0 Å². The third-order valence-electron chi connectivity index (χ3n) is 4.58. The van der Waals surface area contributed by atoms with Crippen LogP contribution in [0.25, 0.3) is 5.83 Å². The van der Waals surface area contributed by atoms with Crippen molar-refractivity contribution >= 4 is 46.4 Å². The zero-order valence-electron chi connectivity index (χ0n) is 16.1. The Morgan fingerprint density at radius 2 is 1.58 bits per heavy atom. The third kappa shape index (κ3) is 5.76. The first-order valence-electron chi connectivity index (χ1n) is 8.81. The molecule has 0 aliphatic carbocycles. The monoisotopic (exact) mass is 502 g/mol. The molecule has 1 atom stereocenters. The standard InChI is InChI=1S/C21H15Cl3F6O/c1-3-20(26,27)14(12-7-16(22)19(24)17(23)8-12)9-18(25)11-4-5-13(10(2)31)15(6-11)21(28,29)30/h4-9,14H,3H2,1-2H3/b18-9-. The molecular formula is C21H15Cl3F6O. The highest BCUT2D eigenvalue weighted by molar-refractivity contribution is 6.48. The number of Topliss-reactive ketones (excluding diaryl/α,β-unsaturated/α-hetero) is 1. The number of allylic oxidation sites excluding steroid dienone is 1. The van der Waals surface area contributed by atoms with Crippen molar-refractivity contribution in [1.29, 1.82) is 0 Å². The summed E-state index contributed by atoms with van der Waals surface area (Å²) in [5.74, 6) is -7.58. The van der Waals surface area contributed by atoms with Gasteiger partial charge in [0.2, 0.25) is 0 Å². The zero-order chi connectivity index (χ0) is 23.7. The van der Waals surface area contributed by atoms with Crippen LogP contribution in [0.4, 0.5) is 26.3 Å². The average molecular weight is 504 g/mol. The number of rotatable bonds is 6. The predicted octanol–water partition coefficient (Wildman–Crippen LogP) is 9.01. The SMILES string of the molecule is CCC(F)(F)C(/C=C(\F)c1ccc(C(C)=O)c(C(F)(F)F)c1)c1cc(Cl)c(Cl)c(Cl)c1. The number of carbonyl (C=O) groups is 1. The highest BCUT2D eigenvalue weighted by atomic mass is 35.5.